The molecule has 1 heterocycles. The van der Waals surface area contributed by atoms with Gasteiger partial charge in [0.15, 0.2) is 0 Å². The minimum absolute atomic E-state index is 0.0733. The molecule has 106 valence electrons. The van der Waals surface area contributed by atoms with Crippen molar-refractivity contribution in [2.45, 2.75) is 18.9 Å². The topological polar surface area (TPSA) is 93.1 Å². The molecule has 1 aliphatic heterocycles. The number of aliphatic hydroxyl groups is 1. The molecule has 0 aliphatic carbocycles. The SMILES string of the molecule is COC(=O)CCCS(=O)(=O)N1CCOCC1CO. The van der Waals surface area contributed by atoms with E-state index in [1.165, 1.54) is 11.4 Å². The smallest absolute Gasteiger partial charge is 0.305 e. The van der Waals surface area contributed by atoms with Gasteiger partial charge in [-0.15, -0.1) is 0 Å². The van der Waals surface area contributed by atoms with Crippen molar-refractivity contribution >= 4 is 16.0 Å². The van der Waals surface area contributed by atoms with Gasteiger partial charge in [-0.05, 0) is 6.42 Å². The van der Waals surface area contributed by atoms with Crippen molar-refractivity contribution < 1.29 is 27.8 Å². The Bertz CT molecular complexity index is 369. The molecule has 1 saturated heterocycles. The highest BCUT2D eigenvalue weighted by molar-refractivity contribution is 7.89. The molecule has 1 rings (SSSR count). The molecule has 0 saturated carbocycles. The van der Waals surface area contributed by atoms with Gasteiger partial charge in [-0.2, -0.15) is 4.31 Å². The number of methoxy groups -OCH3 is 1. The summed E-state index contributed by atoms with van der Waals surface area (Å²) >= 11 is 0. The summed E-state index contributed by atoms with van der Waals surface area (Å²) in [6, 6.07) is -0.526. The van der Waals surface area contributed by atoms with E-state index in [1.54, 1.807) is 0 Å². The lowest BCUT2D eigenvalue weighted by molar-refractivity contribution is -0.140. The maximum Gasteiger partial charge on any atom is 0.305 e. The van der Waals surface area contributed by atoms with Crippen LogP contribution in [-0.2, 0) is 24.3 Å². The third kappa shape index (κ3) is 4.20. The van der Waals surface area contributed by atoms with Crippen LogP contribution in [0.4, 0.5) is 0 Å². The number of hydrogen-bond donors (Lipinski definition) is 1. The van der Waals surface area contributed by atoms with Gasteiger partial charge >= 0.3 is 5.97 Å². The number of ether oxygens (including phenoxy) is 2. The van der Waals surface area contributed by atoms with Gasteiger partial charge in [-0.3, -0.25) is 4.79 Å². The van der Waals surface area contributed by atoms with Crippen LogP contribution in [0.5, 0.6) is 0 Å². The second kappa shape index (κ2) is 7.03. The molecule has 0 bridgehead atoms. The minimum Gasteiger partial charge on any atom is -0.469 e. The fourth-order valence-electron chi connectivity index (χ4n) is 1.77. The summed E-state index contributed by atoms with van der Waals surface area (Å²) in [6.45, 7) is 0.501. The Labute approximate surface area is 107 Å². The minimum atomic E-state index is -3.46. The van der Waals surface area contributed by atoms with E-state index in [9.17, 15) is 13.2 Å². The molecule has 18 heavy (non-hydrogen) atoms. The first-order valence-electron chi connectivity index (χ1n) is 5.76. The molecule has 0 amide bonds. The predicted octanol–water partition coefficient (Wildman–Crippen LogP) is -1.04. The van der Waals surface area contributed by atoms with Crippen molar-refractivity contribution in [2.75, 3.05) is 39.2 Å². The van der Waals surface area contributed by atoms with Gasteiger partial charge in [0.25, 0.3) is 0 Å². The lowest BCUT2D eigenvalue weighted by Gasteiger charge is -2.33. The number of morpholine rings is 1. The molecule has 0 aromatic rings. The Balaban J connectivity index is 2.53. The average molecular weight is 281 g/mol. The third-order valence-electron chi connectivity index (χ3n) is 2.75. The van der Waals surface area contributed by atoms with Crippen LogP contribution in [0.1, 0.15) is 12.8 Å². The molecular weight excluding hydrogens is 262 g/mol. The van der Waals surface area contributed by atoms with Crippen LogP contribution in [0.15, 0.2) is 0 Å². The van der Waals surface area contributed by atoms with Crippen molar-refractivity contribution in [2.24, 2.45) is 0 Å². The Kier molecular flexibility index (Phi) is 6.00. The summed E-state index contributed by atoms with van der Waals surface area (Å²) in [5.41, 5.74) is 0. The van der Waals surface area contributed by atoms with Gasteiger partial charge in [0.1, 0.15) is 0 Å². The van der Waals surface area contributed by atoms with Crippen molar-refractivity contribution in [1.82, 2.24) is 4.31 Å². The van der Waals surface area contributed by atoms with Gasteiger partial charge in [-0.25, -0.2) is 8.42 Å². The lowest BCUT2D eigenvalue weighted by Crippen LogP contribution is -2.51. The number of nitrogens with zero attached hydrogens (tertiary/aromatic N) is 1. The summed E-state index contributed by atoms with van der Waals surface area (Å²) in [5, 5.41) is 9.12. The molecule has 1 N–H and O–H groups in total. The van der Waals surface area contributed by atoms with Crippen LogP contribution >= 0.6 is 0 Å². The van der Waals surface area contributed by atoms with Crippen LogP contribution in [0.3, 0.4) is 0 Å². The molecular formula is C10H19NO6S. The first-order valence-corrected chi connectivity index (χ1v) is 7.37. The Morgan fingerprint density at radius 1 is 1.56 bits per heavy atom. The van der Waals surface area contributed by atoms with Crippen molar-refractivity contribution in [3.8, 4) is 0 Å². The first-order chi connectivity index (χ1) is 8.51. The van der Waals surface area contributed by atoms with Gasteiger partial charge in [0.05, 0.1) is 38.7 Å². The average Bonchev–Trinajstić information content (AvgIpc) is 2.38. The Morgan fingerprint density at radius 3 is 2.89 bits per heavy atom. The number of sulfonamides is 1. The number of carbonyl (C=O) groups is 1. The number of hydrogen-bond acceptors (Lipinski definition) is 6. The Hall–Kier alpha value is -0.700. The second-order valence-corrected chi connectivity index (χ2v) is 6.06. The first kappa shape index (κ1) is 15.4. The maximum absolute atomic E-state index is 12.0. The van der Waals surface area contributed by atoms with Crippen molar-refractivity contribution in [1.29, 1.82) is 0 Å². The quantitative estimate of drug-likeness (QED) is 0.625. The van der Waals surface area contributed by atoms with Crippen LogP contribution in [-0.4, -0.2) is 69.1 Å². The molecule has 0 radical (unpaired) electrons. The largest absolute Gasteiger partial charge is 0.469 e. The van der Waals surface area contributed by atoms with E-state index in [0.29, 0.717) is 6.61 Å². The highest BCUT2D eigenvalue weighted by Crippen LogP contribution is 2.14. The highest BCUT2D eigenvalue weighted by Gasteiger charge is 2.32. The predicted molar refractivity (Wildman–Crippen MR) is 63.4 cm³/mol. The van der Waals surface area contributed by atoms with Gasteiger partial charge in [-0.1, -0.05) is 0 Å². The lowest BCUT2D eigenvalue weighted by atomic mass is 10.3. The fraction of sp³-hybridized carbons (Fsp3) is 0.900. The number of rotatable bonds is 6. The van der Waals surface area contributed by atoms with Gasteiger partial charge in [0, 0.05) is 13.0 Å². The van der Waals surface area contributed by atoms with E-state index >= 15 is 0 Å². The third-order valence-corrected chi connectivity index (χ3v) is 4.75. The van der Waals surface area contributed by atoms with E-state index in [2.05, 4.69) is 4.74 Å². The Morgan fingerprint density at radius 2 is 2.28 bits per heavy atom. The van der Waals surface area contributed by atoms with E-state index < -0.39 is 22.0 Å². The normalized spacial score (nSPS) is 21.8. The second-order valence-electron chi connectivity index (χ2n) is 4.02. The van der Waals surface area contributed by atoms with Crippen LogP contribution in [0, 0.1) is 0 Å². The number of aliphatic hydroxyl groups excluding tert-OH is 1. The van der Waals surface area contributed by atoms with Crippen molar-refractivity contribution in [3.63, 3.8) is 0 Å². The molecule has 1 aliphatic rings. The summed E-state index contributed by atoms with van der Waals surface area (Å²) in [5.74, 6) is -0.551. The molecule has 0 aromatic carbocycles. The van der Waals surface area contributed by atoms with E-state index in [4.69, 9.17) is 9.84 Å². The fourth-order valence-corrected chi connectivity index (χ4v) is 3.45. The molecule has 0 aromatic heterocycles. The molecule has 1 unspecified atom stereocenters. The number of carbonyl (C=O) groups excluding carboxylic acids is 1. The zero-order valence-corrected chi connectivity index (χ0v) is 11.2. The van der Waals surface area contributed by atoms with Gasteiger partial charge in [0.2, 0.25) is 10.0 Å². The highest BCUT2D eigenvalue weighted by atomic mass is 32.2. The van der Waals surface area contributed by atoms with E-state index in [-0.39, 0.29) is 38.4 Å². The summed E-state index contributed by atoms with van der Waals surface area (Å²) < 4.78 is 34.9. The van der Waals surface area contributed by atoms with Gasteiger partial charge < -0.3 is 14.6 Å². The van der Waals surface area contributed by atoms with E-state index in [1.807, 2.05) is 0 Å². The zero-order valence-electron chi connectivity index (χ0n) is 10.4. The summed E-state index contributed by atoms with van der Waals surface area (Å²) in [4.78, 5) is 10.9. The molecule has 1 atom stereocenters. The molecule has 7 nitrogen and oxygen atoms in total. The maximum atomic E-state index is 12.0. The monoisotopic (exact) mass is 281 g/mol. The van der Waals surface area contributed by atoms with E-state index in [0.717, 1.165) is 0 Å². The molecule has 0 spiro atoms. The molecule has 1 fully saturated rings. The van der Waals surface area contributed by atoms with Crippen LogP contribution < -0.4 is 0 Å². The van der Waals surface area contributed by atoms with Crippen LogP contribution in [0.2, 0.25) is 0 Å². The van der Waals surface area contributed by atoms with Crippen molar-refractivity contribution in [3.05, 3.63) is 0 Å². The molecule has 8 heteroatoms. The summed E-state index contributed by atoms with van der Waals surface area (Å²) in [7, 11) is -2.20. The summed E-state index contributed by atoms with van der Waals surface area (Å²) in [6.07, 6.45) is 0.286. The number of esters is 1. The standard InChI is InChI=1S/C10H19NO6S/c1-16-10(13)3-2-6-18(14,15)11-4-5-17-8-9(11)7-12/h9,12H,2-8H2,1H3. The zero-order chi connectivity index (χ0) is 13.6. The van der Waals surface area contributed by atoms with Crippen LogP contribution in [0.25, 0.3) is 0 Å².